The van der Waals surface area contributed by atoms with Crippen molar-refractivity contribution < 1.29 is 19.0 Å². The fraction of sp³-hybridized carbons (Fsp3) is 0.235. The summed E-state index contributed by atoms with van der Waals surface area (Å²) in [5.74, 6) is 1.48. The van der Waals surface area contributed by atoms with E-state index < -0.39 is 6.29 Å². The zero-order valence-corrected chi connectivity index (χ0v) is 11.5. The predicted octanol–water partition coefficient (Wildman–Crippen LogP) is 3.42. The minimum Gasteiger partial charge on any atom is -0.457 e. The molecular weight excluding hydrogens is 268 g/mol. The van der Waals surface area contributed by atoms with Crippen LogP contribution in [0.1, 0.15) is 16.8 Å². The van der Waals surface area contributed by atoms with Crippen LogP contribution in [0.3, 0.4) is 0 Å². The van der Waals surface area contributed by atoms with Crippen LogP contribution in [0.25, 0.3) is 0 Å². The first-order chi connectivity index (χ1) is 10.3. The first kappa shape index (κ1) is 13.8. The smallest absolute Gasteiger partial charge is 0.167 e. The van der Waals surface area contributed by atoms with E-state index >= 15 is 0 Å². The van der Waals surface area contributed by atoms with Crippen LogP contribution < -0.4 is 4.74 Å². The van der Waals surface area contributed by atoms with Crippen LogP contribution in [-0.2, 0) is 9.47 Å². The first-order valence-electron chi connectivity index (χ1n) is 6.90. The van der Waals surface area contributed by atoms with Crippen LogP contribution in [-0.4, -0.2) is 25.3 Å². The average molecular weight is 284 g/mol. The van der Waals surface area contributed by atoms with Gasteiger partial charge in [0.15, 0.2) is 12.1 Å². The summed E-state index contributed by atoms with van der Waals surface area (Å²) < 4.78 is 16.2. The van der Waals surface area contributed by atoms with Gasteiger partial charge < -0.3 is 14.2 Å². The number of hydrogen-bond acceptors (Lipinski definition) is 4. The Labute approximate surface area is 123 Å². The molecule has 1 saturated heterocycles. The van der Waals surface area contributed by atoms with Crippen molar-refractivity contribution in [1.82, 2.24) is 0 Å². The molecule has 1 heterocycles. The average Bonchev–Trinajstić information content (AvgIpc) is 3.02. The summed E-state index contributed by atoms with van der Waals surface area (Å²) in [5.41, 5.74) is 0.634. The highest BCUT2D eigenvalue weighted by Gasteiger charge is 2.20. The van der Waals surface area contributed by atoms with Gasteiger partial charge >= 0.3 is 0 Å². The van der Waals surface area contributed by atoms with Gasteiger partial charge in [0.1, 0.15) is 11.5 Å². The van der Waals surface area contributed by atoms with Gasteiger partial charge in [0.25, 0.3) is 0 Å². The molecule has 0 amide bonds. The molecule has 0 bridgehead atoms. The molecule has 1 aliphatic rings. The maximum absolute atomic E-state index is 12.1. The Balaban J connectivity index is 1.62. The molecule has 0 unspecified atom stereocenters. The lowest BCUT2D eigenvalue weighted by molar-refractivity contribution is -0.0407. The molecule has 108 valence electrons. The van der Waals surface area contributed by atoms with Crippen LogP contribution in [0.15, 0.2) is 54.6 Å². The van der Waals surface area contributed by atoms with Gasteiger partial charge in [-0.15, -0.1) is 0 Å². The standard InChI is InChI=1S/C17H16O4/c18-16(12-17-19-10-11-20-17)13-6-8-15(9-7-13)21-14-4-2-1-3-5-14/h1-9,17H,10-12H2. The number of benzene rings is 2. The maximum Gasteiger partial charge on any atom is 0.167 e. The van der Waals surface area contributed by atoms with E-state index in [0.717, 1.165) is 5.75 Å². The molecule has 1 aliphatic heterocycles. The van der Waals surface area contributed by atoms with Gasteiger partial charge in [-0.05, 0) is 36.4 Å². The topological polar surface area (TPSA) is 44.8 Å². The Morgan fingerprint density at radius 3 is 2.24 bits per heavy atom. The number of ether oxygens (including phenoxy) is 3. The van der Waals surface area contributed by atoms with Crippen molar-refractivity contribution in [2.45, 2.75) is 12.7 Å². The Morgan fingerprint density at radius 2 is 1.57 bits per heavy atom. The highest BCUT2D eigenvalue weighted by Crippen LogP contribution is 2.22. The third-order valence-electron chi connectivity index (χ3n) is 3.20. The highest BCUT2D eigenvalue weighted by atomic mass is 16.7. The molecule has 1 fully saturated rings. The zero-order chi connectivity index (χ0) is 14.5. The van der Waals surface area contributed by atoms with Gasteiger partial charge in [0.2, 0.25) is 0 Å². The highest BCUT2D eigenvalue weighted by molar-refractivity contribution is 5.96. The summed E-state index contributed by atoms with van der Waals surface area (Å²) in [7, 11) is 0. The number of rotatable bonds is 5. The van der Waals surface area contributed by atoms with Crippen LogP contribution in [0.4, 0.5) is 0 Å². The Kier molecular flexibility index (Phi) is 4.28. The van der Waals surface area contributed by atoms with Crippen molar-refractivity contribution in [1.29, 1.82) is 0 Å². The normalized spacial score (nSPS) is 15.0. The summed E-state index contributed by atoms with van der Waals surface area (Å²) in [6.07, 6.45) is -0.156. The first-order valence-corrected chi connectivity index (χ1v) is 6.90. The lowest BCUT2D eigenvalue weighted by Gasteiger charge is -2.09. The summed E-state index contributed by atoms with van der Waals surface area (Å²) in [4.78, 5) is 12.1. The van der Waals surface area contributed by atoms with Gasteiger partial charge in [-0.25, -0.2) is 0 Å². The number of carbonyl (C=O) groups excluding carboxylic acids is 1. The van der Waals surface area contributed by atoms with Crippen molar-refractivity contribution in [3.8, 4) is 11.5 Å². The summed E-state index contributed by atoms with van der Waals surface area (Å²) in [6, 6.07) is 16.6. The molecule has 21 heavy (non-hydrogen) atoms. The molecule has 0 atom stereocenters. The van der Waals surface area contributed by atoms with Crippen molar-refractivity contribution >= 4 is 5.78 Å². The minimum absolute atomic E-state index is 0.00756. The zero-order valence-electron chi connectivity index (χ0n) is 11.5. The second-order valence-electron chi connectivity index (χ2n) is 4.74. The molecule has 2 aromatic carbocycles. The van der Waals surface area contributed by atoms with Crippen molar-refractivity contribution in [2.75, 3.05) is 13.2 Å². The molecule has 0 aromatic heterocycles. The molecule has 0 aliphatic carbocycles. The molecule has 0 N–H and O–H groups in total. The minimum atomic E-state index is -0.405. The van der Waals surface area contributed by atoms with E-state index in [9.17, 15) is 4.79 Å². The monoisotopic (exact) mass is 284 g/mol. The molecule has 2 aromatic rings. The fourth-order valence-electron chi connectivity index (χ4n) is 2.13. The third kappa shape index (κ3) is 3.68. The second kappa shape index (κ2) is 6.52. The number of carbonyl (C=O) groups is 1. The summed E-state index contributed by atoms with van der Waals surface area (Å²) in [5, 5.41) is 0. The van der Waals surface area contributed by atoms with E-state index in [1.807, 2.05) is 30.3 Å². The van der Waals surface area contributed by atoms with Crippen LogP contribution in [0.5, 0.6) is 11.5 Å². The largest absolute Gasteiger partial charge is 0.457 e. The SMILES string of the molecule is O=C(CC1OCCO1)c1ccc(Oc2ccccc2)cc1. The number of ketones is 1. The Morgan fingerprint density at radius 1 is 0.952 bits per heavy atom. The van der Waals surface area contributed by atoms with Gasteiger partial charge in [0, 0.05) is 5.56 Å². The van der Waals surface area contributed by atoms with E-state index in [4.69, 9.17) is 14.2 Å². The summed E-state index contributed by atoms with van der Waals surface area (Å²) in [6.45, 7) is 1.11. The van der Waals surface area contributed by atoms with E-state index in [-0.39, 0.29) is 12.2 Å². The van der Waals surface area contributed by atoms with E-state index in [1.165, 1.54) is 0 Å². The number of hydrogen-bond donors (Lipinski definition) is 0. The third-order valence-corrected chi connectivity index (χ3v) is 3.20. The molecular formula is C17H16O4. The lowest BCUT2D eigenvalue weighted by Crippen LogP contribution is -2.14. The van der Waals surface area contributed by atoms with E-state index in [2.05, 4.69) is 0 Å². The van der Waals surface area contributed by atoms with Gasteiger partial charge in [-0.1, -0.05) is 18.2 Å². The number of para-hydroxylation sites is 1. The van der Waals surface area contributed by atoms with Crippen LogP contribution in [0.2, 0.25) is 0 Å². The van der Waals surface area contributed by atoms with Gasteiger partial charge in [-0.2, -0.15) is 0 Å². The lowest BCUT2D eigenvalue weighted by atomic mass is 10.1. The maximum atomic E-state index is 12.1. The second-order valence-corrected chi connectivity index (χ2v) is 4.74. The Bertz CT molecular complexity index is 586. The van der Waals surface area contributed by atoms with Gasteiger partial charge in [0.05, 0.1) is 19.6 Å². The fourth-order valence-corrected chi connectivity index (χ4v) is 2.13. The van der Waals surface area contributed by atoms with Crippen LogP contribution in [0, 0.1) is 0 Å². The quantitative estimate of drug-likeness (QED) is 0.789. The van der Waals surface area contributed by atoms with E-state index in [1.54, 1.807) is 24.3 Å². The molecule has 4 heteroatoms. The van der Waals surface area contributed by atoms with Crippen LogP contribution >= 0.6 is 0 Å². The van der Waals surface area contributed by atoms with Crippen molar-refractivity contribution in [3.63, 3.8) is 0 Å². The molecule has 4 nitrogen and oxygen atoms in total. The Hall–Kier alpha value is -2.17. The van der Waals surface area contributed by atoms with E-state index in [0.29, 0.717) is 24.5 Å². The predicted molar refractivity (Wildman–Crippen MR) is 77.6 cm³/mol. The molecule has 0 radical (unpaired) electrons. The summed E-state index contributed by atoms with van der Waals surface area (Å²) >= 11 is 0. The molecule has 0 spiro atoms. The van der Waals surface area contributed by atoms with Crippen molar-refractivity contribution in [3.05, 3.63) is 60.2 Å². The van der Waals surface area contributed by atoms with Gasteiger partial charge in [-0.3, -0.25) is 4.79 Å². The number of Topliss-reactive ketones (excluding diaryl/α,β-unsaturated/α-hetero) is 1. The van der Waals surface area contributed by atoms with Crippen molar-refractivity contribution in [2.24, 2.45) is 0 Å². The molecule has 3 rings (SSSR count). The molecule has 0 saturated carbocycles.